The molecule has 0 aliphatic rings. The second kappa shape index (κ2) is 9.69. The van der Waals surface area contributed by atoms with Gasteiger partial charge in [-0.1, -0.05) is 46.5 Å². The number of hydrogen-bond acceptors (Lipinski definition) is 2. The third-order valence-electron chi connectivity index (χ3n) is 2.07. The molecule has 0 radical (unpaired) electrons. The maximum Gasteiger partial charge on any atom is 0.240 e. The maximum atomic E-state index is 11.2. The summed E-state index contributed by atoms with van der Waals surface area (Å²) in [6.45, 7) is 6.24. The van der Waals surface area contributed by atoms with Gasteiger partial charge in [0.05, 0.1) is 0 Å². The molecule has 0 saturated heterocycles. The summed E-state index contributed by atoms with van der Waals surface area (Å²) in [4.78, 5) is 11.2. The number of nitrogens with one attached hydrogen (secondary N) is 1. The Labute approximate surface area is 93.3 Å². The first-order valence-electron chi connectivity index (χ1n) is 5.98. The Morgan fingerprint density at radius 3 is 2.53 bits per heavy atom. The molecule has 0 aromatic heterocycles. The van der Waals surface area contributed by atoms with Crippen LogP contribution in [0.5, 0.6) is 0 Å². The summed E-state index contributed by atoms with van der Waals surface area (Å²) in [5, 5.41) is 3.86. The highest BCUT2D eigenvalue weighted by Gasteiger charge is 1.98. The molecule has 0 unspecified atom stereocenters. The normalized spacial score (nSPS) is 11.2. The lowest BCUT2D eigenvalue weighted by molar-refractivity contribution is -0.121. The van der Waals surface area contributed by atoms with Crippen molar-refractivity contribution in [3.05, 3.63) is 0 Å². The fourth-order valence-corrected chi connectivity index (χ4v) is 1.20. The van der Waals surface area contributed by atoms with Crippen LogP contribution in [0.1, 0.15) is 59.3 Å². The van der Waals surface area contributed by atoms with Crippen molar-refractivity contribution in [3.8, 4) is 0 Å². The number of carbonyl (C=O) groups is 1. The molecular weight excluding hydrogens is 188 g/mol. The number of hydrazone groups is 1. The summed E-state index contributed by atoms with van der Waals surface area (Å²) in [6.07, 6.45) is 8.21. The zero-order valence-electron chi connectivity index (χ0n) is 10.3. The van der Waals surface area contributed by atoms with Crippen molar-refractivity contribution in [1.29, 1.82) is 0 Å². The van der Waals surface area contributed by atoms with E-state index in [2.05, 4.69) is 17.5 Å². The summed E-state index contributed by atoms with van der Waals surface area (Å²) >= 11 is 0. The van der Waals surface area contributed by atoms with Gasteiger partial charge in [0.15, 0.2) is 0 Å². The molecule has 88 valence electrons. The van der Waals surface area contributed by atoms with Gasteiger partial charge in [0.25, 0.3) is 0 Å². The van der Waals surface area contributed by atoms with Gasteiger partial charge in [0, 0.05) is 12.6 Å². The van der Waals surface area contributed by atoms with Crippen molar-refractivity contribution in [2.45, 2.75) is 59.3 Å². The molecule has 0 heterocycles. The van der Waals surface area contributed by atoms with E-state index < -0.39 is 0 Å². The summed E-state index contributed by atoms with van der Waals surface area (Å²) < 4.78 is 0. The number of hydrogen-bond donors (Lipinski definition) is 1. The van der Waals surface area contributed by atoms with E-state index in [-0.39, 0.29) is 5.91 Å². The smallest absolute Gasteiger partial charge is 0.240 e. The van der Waals surface area contributed by atoms with E-state index in [9.17, 15) is 4.79 Å². The van der Waals surface area contributed by atoms with E-state index in [1.165, 1.54) is 19.3 Å². The standard InChI is InChI=1S/C12H24N2O/c1-4-5-6-7-8-9-12(15)14-13-10-11(2)3/h10-11H,4-9H2,1-3H3,(H,14,15)/b13-10+. The lowest BCUT2D eigenvalue weighted by atomic mass is 10.1. The molecule has 0 rings (SSSR count). The van der Waals surface area contributed by atoms with Crippen LogP contribution in [-0.4, -0.2) is 12.1 Å². The van der Waals surface area contributed by atoms with Crippen LogP contribution in [0.4, 0.5) is 0 Å². The molecule has 0 aromatic rings. The van der Waals surface area contributed by atoms with Crippen LogP contribution in [0, 0.1) is 5.92 Å². The Morgan fingerprint density at radius 2 is 1.93 bits per heavy atom. The van der Waals surface area contributed by atoms with Crippen molar-refractivity contribution in [2.75, 3.05) is 0 Å². The third kappa shape index (κ3) is 11.1. The van der Waals surface area contributed by atoms with Crippen LogP contribution >= 0.6 is 0 Å². The highest BCUT2D eigenvalue weighted by Crippen LogP contribution is 2.04. The van der Waals surface area contributed by atoms with Crippen molar-refractivity contribution in [3.63, 3.8) is 0 Å². The van der Waals surface area contributed by atoms with Gasteiger partial charge in [0.1, 0.15) is 0 Å². The van der Waals surface area contributed by atoms with Crippen LogP contribution in [0.25, 0.3) is 0 Å². The Morgan fingerprint density at radius 1 is 1.27 bits per heavy atom. The maximum absolute atomic E-state index is 11.2. The fraction of sp³-hybridized carbons (Fsp3) is 0.833. The molecule has 1 N–H and O–H groups in total. The van der Waals surface area contributed by atoms with E-state index in [1.54, 1.807) is 6.21 Å². The van der Waals surface area contributed by atoms with Crippen LogP contribution in [0.15, 0.2) is 5.10 Å². The number of rotatable bonds is 8. The molecule has 0 saturated carbocycles. The van der Waals surface area contributed by atoms with E-state index in [4.69, 9.17) is 0 Å². The first kappa shape index (κ1) is 14.1. The van der Waals surface area contributed by atoms with Crippen molar-refractivity contribution in [2.24, 2.45) is 11.0 Å². The SMILES string of the molecule is CCCCCCCC(=O)N/N=C/C(C)C. The minimum absolute atomic E-state index is 0.0309. The monoisotopic (exact) mass is 212 g/mol. The lowest BCUT2D eigenvalue weighted by Gasteiger charge is -2.00. The molecular formula is C12H24N2O. The minimum Gasteiger partial charge on any atom is -0.273 e. The Kier molecular flexibility index (Phi) is 9.13. The zero-order valence-corrected chi connectivity index (χ0v) is 10.3. The van der Waals surface area contributed by atoms with E-state index in [0.29, 0.717) is 12.3 Å². The first-order valence-corrected chi connectivity index (χ1v) is 5.98. The van der Waals surface area contributed by atoms with Gasteiger partial charge >= 0.3 is 0 Å². The van der Waals surface area contributed by atoms with E-state index in [1.807, 2.05) is 13.8 Å². The topological polar surface area (TPSA) is 41.5 Å². The van der Waals surface area contributed by atoms with Crippen molar-refractivity contribution in [1.82, 2.24) is 5.43 Å². The average molecular weight is 212 g/mol. The second-order valence-corrected chi connectivity index (χ2v) is 4.22. The summed E-state index contributed by atoms with van der Waals surface area (Å²) in [7, 11) is 0. The van der Waals surface area contributed by atoms with Crippen molar-refractivity contribution < 1.29 is 4.79 Å². The molecule has 3 nitrogen and oxygen atoms in total. The molecule has 0 atom stereocenters. The molecule has 0 aliphatic heterocycles. The van der Waals surface area contributed by atoms with E-state index >= 15 is 0 Å². The predicted molar refractivity (Wildman–Crippen MR) is 64.8 cm³/mol. The highest BCUT2D eigenvalue weighted by molar-refractivity contribution is 5.76. The number of nitrogens with zero attached hydrogens (tertiary/aromatic N) is 1. The Hall–Kier alpha value is -0.860. The summed E-state index contributed by atoms with van der Waals surface area (Å²) in [5.74, 6) is 0.415. The van der Waals surface area contributed by atoms with Gasteiger partial charge < -0.3 is 0 Å². The van der Waals surface area contributed by atoms with Gasteiger partial charge in [-0.2, -0.15) is 5.10 Å². The Bertz CT molecular complexity index is 188. The predicted octanol–water partition coefficient (Wildman–Crippen LogP) is 3.10. The summed E-state index contributed by atoms with van der Waals surface area (Å²) in [6, 6.07) is 0. The molecule has 15 heavy (non-hydrogen) atoms. The molecule has 0 aromatic carbocycles. The molecule has 0 fully saturated rings. The molecule has 0 bridgehead atoms. The minimum atomic E-state index is 0.0309. The van der Waals surface area contributed by atoms with Gasteiger partial charge in [0.2, 0.25) is 5.91 Å². The van der Waals surface area contributed by atoms with Crippen molar-refractivity contribution >= 4 is 12.1 Å². The number of unbranched alkanes of at least 4 members (excludes halogenated alkanes) is 4. The molecule has 3 heteroatoms. The molecule has 0 spiro atoms. The fourth-order valence-electron chi connectivity index (χ4n) is 1.20. The van der Waals surface area contributed by atoms with Crippen LogP contribution < -0.4 is 5.43 Å². The van der Waals surface area contributed by atoms with Gasteiger partial charge in [-0.25, -0.2) is 5.43 Å². The van der Waals surface area contributed by atoms with Crippen LogP contribution in [0.3, 0.4) is 0 Å². The Balaban J connectivity index is 3.33. The second-order valence-electron chi connectivity index (χ2n) is 4.22. The van der Waals surface area contributed by atoms with Crippen LogP contribution in [0.2, 0.25) is 0 Å². The highest BCUT2D eigenvalue weighted by atomic mass is 16.2. The average Bonchev–Trinajstić information content (AvgIpc) is 2.17. The van der Waals surface area contributed by atoms with Gasteiger partial charge in [-0.3, -0.25) is 4.79 Å². The van der Waals surface area contributed by atoms with Gasteiger partial charge in [-0.05, 0) is 12.3 Å². The van der Waals surface area contributed by atoms with Crippen LogP contribution in [-0.2, 0) is 4.79 Å². The van der Waals surface area contributed by atoms with Gasteiger partial charge in [-0.15, -0.1) is 0 Å². The quantitative estimate of drug-likeness (QED) is 0.375. The number of amides is 1. The largest absolute Gasteiger partial charge is 0.273 e. The summed E-state index contributed by atoms with van der Waals surface area (Å²) in [5.41, 5.74) is 2.54. The van der Waals surface area contributed by atoms with E-state index in [0.717, 1.165) is 12.8 Å². The number of carbonyl (C=O) groups excluding carboxylic acids is 1. The molecule has 1 amide bonds. The zero-order chi connectivity index (χ0) is 11.5. The first-order chi connectivity index (χ1) is 7.16. The molecule has 0 aliphatic carbocycles. The third-order valence-corrected chi connectivity index (χ3v) is 2.07. The lowest BCUT2D eigenvalue weighted by Crippen LogP contribution is -2.17.